The van der Waals surface area contributed by atoms with E-state index in [1.54, 1.807) is 30.3 Å². The predicted molar refractivity (Wildman–Crippen MR) is 98.5 cm³/mol. The lowest BCUT2D eigenvalue weighted by molar-refractivity contribution is -0.137. The van der Waals surface area contributed by atoms with Crippen LogP contribution in [0.25, 0.3) is 6.08 Å². The van der Waals surface area contributed by atoms with Gasteiger partial charge < -0.3 is 0 Å². The summed E-state index contributed by atoms with van der Waals surface area (Å²) in [6.07, 6.45) is -2.86. The molecule has 2 aromatic carbocycles. The summed E-state index contributed by atoms with van der Waals surface area (Å²) in [5.41, 5.74) is 0.00602. The Labute approximate surface area is 156 Å². The highest BCUT2D eigenvalue weighted by atomic mass is 35.5. The van der Waals surface area contributed by atoms with Crippen molar-refractivity contribution >= 4 is 57.6 Å². The minimum Gasteiger partial charge on any atom is -0.268 e. The van der Waals surface area contributed by atoms with E-state index in [1.165, 1.54) is 12.1 Å². The molecule has 0 aromatic heterocycles. The van der Waals surface area contributed by atoms with Gasteiger partial charge in [-0.2, -0.15) is 13.2 Å². The number of halogens is 4. The molecule has 0 saturated carbocycles. The second-order valence-electron chi connectivity index (χ2n) is 5.12. The van der Waals surface area contributed by atoms with Crippen molar-refractivity contribution in [2.45, 2.75) is 6.18 Å². The van der Waals surface area contributed by atoms with Gasteiger partial charge in [0, 0.05) is 5.02 Å². The van der Waals surface area contributed by atoms with Crippen LogP contribution in [0, 0.1) is 0 Å². The highest BCUT2D eigenvalue weighted by Crippen LogP contribution is 2.38. The average molecular weight is 400 g/mol. The first-order valence-electron chi connectivity index (χ1n) is 6.96. The smallest absolute Gasteiger partial charge is 0.268 e. The molecular weight excluding hydrogens is 391 g/mol. The molecule has 2 aromatic rings. The van der Waals surface area contributed by atoms with Crippen LogP contribution in [0.4, 0.5) is 18.9 Å². The SMILES string of the molecule is O=C1C(=Cc2ccc(Cl)cc2)SC(=S)N1c1cccc(C(F)(F)F)c1. The lowest BCUT2D eigenvalue weighted by Crippen LogP contribution is -2.27. The Kier molecular flexibility index (Phi) is 4.90. The van der Waals surface area contributed by atoms with E-state index in [4.69, 9.17) is 23.8 Å². The van der Waals surface area contributed by atoms with Gasteiger partial charge in [0.1, 0.15) is 0 Å². The lowest BCUT2D eigenvalue weighted by atomic mass is 10.1. The molecule has 0 unspecified atom stereocenters. The van der Waals surface area contributed by atoms with Crippen LogP contribution in [0.15, 0.2) is 53.4 Å². The molecule has 0 N–H and O–H groups in total. The Bertz CT molecular complexity index is 878. The number of hydrogen-bond acceptors (Lipinski definition) is 3. The van der Waals surface area contributed by atoms with E-state index < -0.39 is 17.6 Å². The zero-order valence-electron chi connectivity index (χ0n) is 12.4. The summed E-state index contributed by atoms with van der Waals surface area (Å²) in [7, 11) is 0. The van der Waals surface area contributed by atoms with Crippen molar-refractivity contribution in [2.75, 3.05) is 4.90 Å². The molecule has 1 aliphatic heterocycles. The summed E-state index contributed by atoms with van der Waals surface area (Å²) in [6.45, 7) is 0. The van der Waals surface area contributed by atoms with Gasteiger partial charge >= 0.3 is 6.18 Å². The summed E-state index contributed by atoms with van der Waals surface area (Å²) >= 11 is 12.0. The van der Waals surface area contributed by atoms with Crippen LogP contribution in [0.3, 0.4) is 0 Å². The number of benzene rings is 2. The van der Waals surface area contributed by atoms with E-state index in [1.807, 2.05) is 0 Å². The van der Waals surface area contributed by atoms with Gasteiger partial charge in [-0.3, -0.25) is 9.69 Å². The minimum atomic E-state index is -4.49. The number of thioether (sulfide) groups is 1. The van der Waals surface area contributed by atoms with Crippen molar-refractivity contribution in [1.82, 2.24) is 0 Å². The summed E-state index contributed by atoms with van der Waals surface area (Å²) < 4.78 is 38.8. The molecule has 1 fully saturated rings. The van der Waals surface area contributed by atoms with Crippen LogP contribution in [0.5, 0.6) is 0 Å². The summed E-state index contributed by atoms with van der Waals surface area (Å²) in [6, 6.07) is 11.4. The fourth-order valence-electron chi connectivity index (χ4n) is 2.22. The van der Waals surface area contributed by atoms with E-state index in [9.17, 15) is 18.0 Å². The second-order valence-corrected chi connectivity index (χ2v) is 7.23. The van der Waals surface area contributed by atoms with Crippen molar-refractivity contribution in [3.8, 4) is 0 Å². The van der Waals surface area contributed by atoms with Crippen molar-refractivity contribution in [3.63, 3.8) is 0 Å². The van der Waals surface area contributed by atoms with Crippen LogP contribution in [0.2, 0.25) is 5.02 Å². The zero-order valence-corrected chi connectivity index (χ0v) is 14.8. The molecule has 0 spiro atoms. The van der Waals surface area contributed by atoms with Crippen molar-refractivity contribution in [2.24, 2.45) is 0 Å². The van der Waals surface area contributed by atoms with Crippen LogP contribution in [0.1, 0.15) is 11.1 Å². The first-order valence-corrected chi connectivity index (χ1v) is 8.57. The Hall–Kier alpha value is -1.83. The quantitative estimate of drug-likeness (QED) is 0.472. The molecule has 0 aliphatic carbocycles. The van der Waals surface area contributed by atoms with Gasteiger partial charge in [-0.05, 0) is 42.0 Å². The number of rotatable bonds is 2. The predicted octanol–water partition coefficient (Wildman–Crippen LogP) is 5.76. The Morgan fingerprint density at radius 1 is 1.12 bits per heavy atom. The number of amides is 1. The van der Waals surface area contributed by atoms with Crippen LogP contribution < -0.4 is 4.90 Å². The van der Waals surface area contributed by atoms with Gasteiger partial charge in [0.25, 0.3) is 5.91 Å². The molecule has 1 aliphatic rings. The van der Waals surface area contributed by atoms with Crippen LogP contribution in [-0.4, -0.2) is 10.2 Å². The standard InChI is InChI=1S/C17H9ClF3NOS2/c18-12-6-4-10(5-7-12)8-14-15(23)22(16(24)25-14)13-3-1-2-11(9-13)17(19,20)21/h1-9H. The van der Waals surface area contributed by atoms with Crippen molar-refractivity contribution in [3.05, 3.63) is 69.6 Å². The molecule has 25 heavy (non-hydrogen) atoms. The summed E-state index contributed by atoms with van der Waals surface area (Å²) in [4.78, 5) is 14.0. The minimum absolute atomic E-state index is 0.0943. The van der Waals surface area contributed by atoms with E-state index in [-0.39, 0.29) is 10.0 Å². The Balaban J connectivity index is 1.93. The number of carbonyl (C=O) groups excluding carboxylic acids is 1. The third kappa shape index (κ3) is 3.89. The molecule has 2 nitrogen and oxygen atoms in total. The molecule has 1 saturated heterocycles. The largest absolute Gasteiger partial charge is 0.416 e. The molecular formula is C17H9ClF3NOS2. The number of thiocarbonyl (C=S) groups is 1. The van der Waals surface area contributed by atoms with Crippen molar-refractivity contribution < 1.29 is 18.0 Å². The molecule has 0 bridgehead atoms. The number of hydrogen-bond donors (Lipinski definition) is 0. The average Bonchev–Trinajstić information content (AvgIpc) is 2.83. The van der Waals surface area contributed by atoms with E-state index >= 15 is 0 Å². The first-order chi connectivity index (χ1) is 11.8. The second kappa shape index (κ2) is 6.82. The fourth-order valence-corrected chi connectivity index (χ4v) is 3.65. The lowest BCUT2D eigenvalue weighted by Gasteiger charge is -2.16. The Morgan fingerprint density at radius 3 is 2.44 bits per heavy atom. The number of anilines is 1. The maximum Gasteiger partial charge on any atom is 0.416 e. The van der Waals surface area contributed by atoms with Gasteiger partial charge in [-0.1, -0.05) is 53.8 Å². The summed E-state index contributed by atoms with van der Waals surface area (Å²) in [5, 5.41) is 0.564. The molecule has 3 rings (SSSR count). The third-order valence-electron chi connectivity index (χ3n) is 3.39. The van der Waals surface area contributed by atoms with Crippen LogP contribution >= 0.6 is 35.6 Å². The first kappa shape index (κ1) is 18.0. The Morgan fingerprint density at radius 2 is 1.80 bits per heavy atom. The van der Waals surface area contributed by atoms with Gasteiger partial charge in [-0.15, -0.1) is 0 Å². The highest BCUT2D eigenvalue weighted by Gasteiger charge is 2.36. The summed E-state index contributed by atoms with van der Waals surface area (Å²) in [5.74, 6) is -0.454. The van der Waals surface area contributed by atoms with Crippen molar-refractivity contribution in [1.29, 1.82) is 0 Å². The maximum atomic E-state index is 12.9. The third-order valence-corrected chi connectivity index (χ3v) is 4.95. The van der Waals surface area contributed by atoms with E-state index in [0.29, 0.717) is 9.93 Å². The molecule has 8 heteroatoms. The number of nitrogens with zero attached hydrogens (tertiary/aromatic N) is 1. The van der Waals surface area contributed by atoms with Gasteiger partial charge in [0.2, 0.25) is 0 Å². The van der Waals surface area contributed by atoms with Crippen LogP contribution in [-0.2, 0) is 11.0 Å². The molecule has 0 atom stereocenters. The highest BCUT2D eigenvalue weighted by molar-refractivity contribution is 8.27. The molecule has 128 valence electrons. The topological polar surface area (TPSA) is 20.3 Å². The normalized spacial score (nSPS) is 16.8. The van der Waals surface area contributed by atoms with E-state index in [2.05, 4.69) is 0 Å². The maximum absolute atomic E-state index is 12.9. The van der Waals surface area contributed by atoms with Gasteiger partial charge in [0.05, 0.1) is 16.2 Å². The molecule has 0 radical (unpaired) electrons. The fraction of sp³-hybridized carbons (Fsp3) is 0.0588. The monoisotopic (exact) mass is 399 g/mol. The number of carbonyl (C=O) groups is 1. The molecule has 1 heterocycles. The number of alkyl halides is 3. The zero-order chi connectivity index (χ0) is 18.2. The van der Waals surface area contributed by atoms with Gasteiger partial charge in [0.15, 0.2) is 4.32 Å². The molecule has 1 amide bonds. The van der Waals surface area contributed by atoms with Gasteiger partial charge in [-0.25, -0.2) is 0 Å². The van der Waals surface area contributed by atoms with E-state index in [0.717, 1.165) is 34.4 Å².